The molecular weight excluding hydrogens is 214 g/mol. The highest BCUT2D eigenvalue weighted by molar-refractivity contribution is 7.10. The van der Waals surface area contributed by atoms with E-state index in [-0.39, 0.29) is 0 Å². The van der Waals surface area contributed by atoms with Gasteiger partial charge >= 0.3 is 0 Å². The van der Waals surface area contributed by atoms with E-state index in [4.69, 9.17) is 0 Å². The van der Waals surface area contributed by atoms with Gasteiger partial charge in [0.25, 0.3) is 0 Å². The molecule has 0 amide bonds. The smallest absolute Gasteiger partial charge is 0.0958 e. The zero-order valence-electron chi connectivity index (χ0n) is 10.2. The molecule has 1 nitrogen and oxygen atoms in total. The van der Waals surface area contributed by atoms with Crippen molar-refractivity contribution in [1.29, 1.82) is 0 Å². The first-order valence-corrected chi connectivity index (χ1v) is 6.49. The average molecular weight is 231 g/mol. The lowest BCUT2D eigenvalue weighted by atomic mass is 10.0. The summed E-state index contributed by atoms with van der Waals surface area (Å²) in [6, 6.07) is 6.53. The Bertz CT molecular complexity index is 497. The van der Waals surface area contributed by atoms with E-state index in [2.05, 4.69) is 56.3 Å². The molecule has 0 fully saturated rings. The number of hydrogen-bond donors (Lipinski definition) is 0. The molecule has 0 atom stereocenters. The van der Waals surface area contributed by atoms with Crippen LogP contribution in [0.5, 0.6) is 0 Å². The number of aryl methyl sites for hydroxylation is 2. The molecule has 1 heterocycles. The second-order valence-electron chi connectivity index (χ2n) is 4.54. The van der Waals surface area contributed by atoms with E-state index in [1.165, 1.54) is 21.7 Å². The van der Waals surface area contributed by atoms with Gasteiger partial charge in [0.2, 0.25) is 0 Å². The SMILES string of the molecule is Cc1ccc(-c2csc(C(C)C)n2)c(C)c1. The first-order valence-electron chi connectivity index (χ1n) is 5.61. The van der Waals surface area contributed by atoms with Gasteiger partial charge < -0.3 is 0 Å². The summed E-state index contributed by atoms with van der Waals surface area (Å²) in [6.07, 6.45) is 0. The Morgan fingerprint density at radius 2 is 1.94 bits per heavy atom. The maximum Gasteiger partial charge on any atom is 0.0958 e. The summed E-state index contributed by atoms with van der Waals surface area (Å²) in [4.78, 5) is 4.69. The number of rotatable bonds is 2. The van der Waals surface area contributed by atoms with Crippen molar-refractivity contribution in [2.75, 3.05) is 0 Å². The van der Waals surface area contributed by atoms with Gasteiger partial charge in [-0.1, -0.05) is 37.6 Å². The van der Waals surface area contributed by atoms with Gasteiger partial charge in [-0.05, 0) is 19.4 Å². The standard InChI is InChI=1S/C14H17NS/c1-9(2)14-15-13(8-16-14)12-6-5-10(3)7-11(12)4/h5-9H,1-4H3. The van der Waals surface area contributed by atoms with Gasteiger partial charge in [-0.3, -0.25) is 0 Å². The van der Waals surface area contributed by atoms with E-state index in [0.717, 1.165) is 5.69 Å². The number of hydrogen-bond acceptors (Lipinski definition) is 2. The highest BCUT2D eigenvalue weighted by atomic mass is 32.1. The van der Waals surface area contributed by atoms with E-state index in [0.29, 0.717) is 5.92 Å². The Morgan fingerprint density at radius 1 is 1.19 bits per heavy atom. The molecule has 0 radical (unpaired) electrons. The number of benzene rings is 1. The van der Waals surface area contributed by atoms with Gasteiger partial charge in [-0.25, -0.2) is 4.98 Å². The van der Waals surface area contributed by atoms with Crippen LogP contribution in [0.2, 0.25) is 0 Å². The summed E-state index contributed by atoms with van der Waals surface area (Å²) in [5.74, 6) is 0.518. The van der Waals surface area contributed by atoms with Crippen LogP contribution in [-0.2, 0) is 0 Å². The molecule has 84 valence electrons. The third-order valence-corrected chi connectivity index (χ3v) is 3.82. The Kier molecular flexibility index (Phi) is 3.10. The van der Waals surface area contributed by atoms with Crippen molar-refractivity contribution in [3.63, 3.8) is 0 Å². The molecule has 0 aliphatic carbocycles. The first kappa shape index (κ1) is 11.3. The monoisotopic (exact) mass is 231 g/mol. The molecule has 0 saturated heterocycles. The molecule has 1 aromatic heterocycles. The van der Waals surface area contributed by atoms with Gasteiger partial charge in [-0.15, -0.1) is 11.3 Å². The second-order valence-corrected chi connectivity index (χ2v) is 5.43. The van der Waals surface area contributed by atoms with Gasteiger partial charge in [0.15, 0.2) is 0 Å². The molecule has 0 unspecified atom stereocenters. The van der Waals surface area contributed by atoms with Crippen molar-refractivity contribution in [3.8, 4) is 11.3 Å². The molecule has 0 aliphatic rings. The minimum atomic E-state index is 0.518. The second kappa shape index (κ2) is 4.38. The van der Waals surface area contributed by atoms with E-state index < -0.39 is 0 Å². The lowest BCUT2D eigenvalue weighted by Crippen LogP contribution is -1.88. The summed E-state index contributed by atoms with van der Waals surface area (Å²) < 4.78 is 0. The largest absolute Gasteiger partial charge is 0.241 e. The summed E-state index contributed by atoms with van der Waals surface area (Å²) in [6.45, 7) is 8.64. The van der Waals surface area contributed by atoms with Crippen molar-refractivity contribution in [2.45, 2.75) is 33.6 Å². The van der Waals surface area contributed by atoms with Crippen molar-refractivity contribution < 1.29 is 0 Å². The number of nitrogens with zero attached hydrogens (tertiary/aromatic N) is 1. The highest BCUT2D eigenvalue weighted by Crippen LogP contribution is 2.28. The molecule has 0 N–H and O–H groups in total. The number of aromatic nitrogens is 1. The van der Waals surface area contributed by atoms with Crippen LogP contribution in [0.3, 0.4) is 0 Å². The first-order chi connectivity index (χ1) is 7.58. The fraction of sp³-hybridized carbons (Fsp3) is 0.357. The van der Waals surface area contributed by atoms with E-state index in [1.54, 1.807) is 11.3 Å². The molecule has 0 aliphatic heterocycles. The lowest BCUT2D eigenvalue weighted by Gasteiger charge is -2.03. The van der Waals surface area contributed by atoms with Crippen LogP contribution >= 0.6 is 11.3 Å². The van der Waals surface area contributed by atoms with Crippen LogP contribution in [0.1, 0.15) is 35.9 Å². The predicted octanol–water partition coefficient (Wildman–Crippen LogP) is 4.55. The van der Waals surface area contributed by atoms with Crippen LogP contribution in [0, 0.1) is 13.8 Å². The number of thiazole rings is 1. The minimum Gasteiger partial charge on any atom is -0.241 e. The summed E-state index contributed by atoms with van der Waals surface area (Å²) in [5.41, 5.74) is 4.99. The van der Waals surface area contributed by atoms with Gasteiger partial charge in [0, 0.05) is 16.9 Å². The molecular formula is C14H17NS. The van der Waals surface area contributed by atoms with E-state index in [9.17, 15) is 0 Å². The minimum absolute atomic E-state index is 0.518. The van der Waals surface area contributed by atoms with E-state index in [1.807, 2.05) is 0 Å². The van der Waals surface area contributed by atoms with Crippen LogP contribution < -0.4 is 0 Å². The topological polar surface area (TPSA) is 12.9 Å². The van der Waals surface area contributed by atoms with Crippen molar-refractivity contribution in [1.82, 2.24) is 4.98 Å². The maximum atomic E-state index is 4.69. The molecule has 0 saturated carbocycles. The van der Waals surface area contributed by atoms with Crippen LogP contribution in [-0.4, -0.2) is 4.98 Å². The highest BCUT2D eigenvalue weighted by Gasteiger charge is 2.09. The lowest BCUT2D eigenvalue weighted by molar-refractivity contribution is 0.853. The molecule has 2 heteroatoms. The quantitative estimate of drug-likeness (QED) is 0.739. The normalized spacial score (nSPS) is 11.1. The van der Waals surface area contributed by atoms with Crippen molar-refractivity contribution >= 4 is 11.3 Å². The zero-order chi connectivity index (χ0) is 11.7. The molecule has 1 aromatic carbocycles. The molecule has 0 bridgehead atoms. The van der Waals surface area contributed by atoms with Gasteiger partial charge in [-0.2, -0.15) is 0 Å². The van der Waals surface area contributed by atoms with Crippen LogP contribution in [0.4, 0.5) is 0 Å². The molecule has 2 rings (SSSR count). The third kappa shape index (κ3) is 2.17. The zero-order valence-corrected chi connectivity index (χ0v) is 11.1. The Labute approximate surface area is 101 Å². The van der Waals surface area contributed by atoms with Crippen LogP contribution in [0.25, 0.3) is 11.3 Å². The molecule has 2 aromatic rings. The van der Waals surface area contributed by atoms with Gasteiger partial charge in [0.05, 0.1) is 10.7 Å². The van der Waals surface area contributed by atoms with Crippen molar-refractivity contribution in [3.05, 3.63) is 39.7 Å². The summed E-state index contributed by atoms with van der Waals surface area (Å²) in [7, 11) is 0. The predicted molar refractivity (Wildman–Crippen MR) is 71.1 cm³/mol. The molecule has 16 heavy (non-hydrogen) atoms. The molecule has 0 spiro atoms. The Hall–Kier alpha value is -1.15. The summed E-state index contributed by atoms with van der Waals surface area (Å²) in [5, 5.41) is 3.38. The fourth-order valence-electron chi connectivity index (χ4n) is 1.78. The Morgan fingerprint density at radius 3 is 2.50 bits per heavy atom. The van der Waals surface area contributed by atoms with Crippen LogP contribution in [0.15, 0.2) is 23.6 Å². The van der Waals surface area contributed by atoms with Gasteiger partial charge in [0.1, 0.15) is 0 Å². The fourth-order valence-corrected chi connectivity index (χ4v) is 2.61. The average Bonchev–Trinajstić information content (AvgIpc) is 2.66. The third-order valence-electron chi connectivity index (χ3n) is 2.67. The van der Waals surface area contributed by atoms with Crippen molar-refractivity contribution in [2.24, 2.45) is 0 Å². The Balaban J connectivity index is 2.42. The maximum absolute atomic E-state index is 4.69. The summed E-state index contributed by atoms with van der Waals surface area (Å²) >= 11 is 1.75. The van der Waals surface area contributed by atoms with E-state index >= 15 is 0 Å².